The molecule has 0 amide bonds. The zero-order valence-corrected chi connectivity index (χ0v) is 52.8. The highest BCUT2D eigenvalue weighted by atomic mass is 15.0. The van der Waals surface area contributed by atoms with E-state index in [0.29, 0.717) is 50.9 Å². The van der Waals surface area contributed by atoms with E-state index in [1.54, 1.807) is 0 Å². The van der Waals surface area contributed by atoms with Crippen LogP contribution >= 0.6 is 0 Å². The van der Waals surface area contributed by atoms with Crippen LogP contribution < -0.4 is 0 Å². The molecule has 0 aliphatic heterocycles. The second kappa shape index (κ2) is 24.6. The summed E-state index contributed by atoms with van der Waals surface area (Å²) in [5.74, 6) is 1.23. The van der Waals surface area contributed by atoms with Crippen molar-refractivity contribution >= 4 is 43.6 Å². The summed E-state index contributed by atoms with van der Waals surface area (Å²) in [4.78, 5) is 16.6. The van der Waals surface area contributed by atoms with Crippen LogP contribution in [0.5, 0.6) is 0 Å². The average molecular weight is 1250 g/mol. The molecule has 0 N–H and O–H groups in total. The van der Waals surface area contributed by atoms with E-state index in [9.17, 15) is 15.8 Å². The first-order valence-electron chi connectivity index (χ1n) is 32.5. The van der Waals surface area contributed by atoms with E-state index in [-0.39, 0.29) is 0 Å². The van der Waals surface area contributed by atoms with Crippen LogP contribution in [0.1, 0.15) is 16.7 Å². The van der Waals surface area contributed by atoms with Crippen molar-refractivity contribution in [3.63, 3.8) is 0 Å². The van der Waals surface area contributed by atoms with E-state index >= 15 is 0 Å². The first-order chi connectivity index (χ1) is 48.4. The molecule has 8 heteroatoms. The number of aromatic nitrogens is 5. The molecule has 0 aliphatic rings. The van der Waals surface area contributed by atoms with Crippen LogP contribution in [0, 0.1) is 34.0 Å². The van der Waals surface area contributed by atoms with E-state index in [1.165, 1.54) is 0 Å². The smallest absolute Gasteiger partial charge is 0.164 e. The normalized spacial score (nSPS) is 11.2. The van der Waals surface area contributed by atoms with Crippen molar-refractivity contribution in [3.8, 4) is 142 Å². The SMILES string of the molecule is N#Cc1cccc(-c2ccc(-c3nc(-c4ccc(-c5cccc(C#N)c5)c(-n5c6ccc(-c7ccccc7)cc6c6cc(-c7ccccc7)ccc65)c4)nc(-c4ccccc4-c4ccccc4C#N)n3)cc2-n2c3ccc(-c4ccccc4)cc3c3cc(-c4ccccc4)ccc32)c1. The Morgan fingerprint density at radius 3 is 0.918 bits per heavy atom. The summed E-state index contributed by atoms with van der Waals surface area (Å²) in [7, 11) is 0. The molecular formula is C90H54N8. The second-order valence-corrected chi connectivity index (χ2v) is 24.4. The lowest BCUT2D eigenvalue weighted by Crippen LogP contribution is -2.04. The van der Waals surface area contributed by atoms with Gasteiger partial charge in [-0.05, 0) is 152 Å². The van der Waals surface area contributed by atoms with Gasteiger partial charge in [0.25, 0.3) is 0 Å². The number of rotatable bonds is 12. The van der Waals surface area contributed by atoms with Crippen LogP contribution in [0.25, 0.3) is 167 Å². The van der Waals surface area contributed by atoms with Gasteiger partial charge in [0, 0.05) is 54.9 Å². The number of benzene rings is 14. The molecule has 0 radical (unpaired) electrons. The van der Waals surface area contributed by atoms with Crippen LogP contribution in [0.2, 0.25) is 0 Å². The highest BCUT2D eigenvalue weighted by molar-refractivity contribution is 6.14. The van der Waals surface area contributed by atoms with Crippen LogP contribution in [0.15, 0.2) is 328 Å². The molecular weight excluding hydrogens is 1190 g/mol. The molecule has 0 saturated carbocycles. The number of nitriles is 3. The van der Waals surface area contributed by atoms with Gasteiger partial charge in [-0.2, -0.15) is 15.8 Å². The van der Waals surface area contributed by atoms with E-state index in [4.69, 9.17) is 15.0 Å². The maximum absolute atomic E-state index is 10.6. The summed E-state index contributed by atoms with van der Waals surface area (Å²) >= 11 is 0. The van der Waals surface area contributed by atoms with E-state index < -0.39 is 0 Å². The van der Waals surface area contributed by atoms with Crippen molar-refractivity contribution in [1.29, 1.82) is 15.8 Å². The summed E-state index contributed by atoms with van der Waals surface area (Å²) < 4.78 is 4.68. The summed E-state index contributed by atoms with van der Waals surface area (Å²) in [5.41, 5.74) is 23.4. The predicted molar refractivity (Wildman–Crippen MR) is 397 cm³/mol. The van der Waals surface area contributed by atoms with E-state index in [1.807, 2.05) is 109 Å². The molecule has 0 unspecified atom stereocenters. The van der Waals surface area contributed by atoms with Gasteiger partial charge >= 0.3 is 0 Å². The number of nitrogens with zero attached hydrogens (tertiary/aromatic N) is 8. The lowest BCUT2D eigenvalue weighted by atomic mass is 9.95. The van der Waals surface area contributed by atoms with Crippen molar-refractivity contribution in [3.05, 3.63) is 344 Å². The Kier molecular flexibility index (Phi) is 14.5. The van der Waals surface area contributed by atoms with Gasteiger partial charge in [-0.25, -0.2) is 15.0 Å². The maximum Gasteiger partial charge on any atom is 0.164 e. The lowest BCUT2D eigenvalue weighted by molar-refractivity contribution is 1.07. The predicted octanol–water partition coefficient (Wildman–Crippen LogP) is 22.4. The number of hydrogen-bond acceptors (Lipinski definition) is 6. The Bertz CT molecular complexity index is 5630. The van der Waals surface area contributed by atoms with Gasteiger partial charge in [0.15, 0.2) is 17.5 Å². The summed E-state index contributed by atoms with van der Waals surface area (Å²) in [5, 5.41) is 35.7. The second-order valence-electron chi connectivity index (χ2n) is 24.4. The third kappa shape index (κ3) is 10.4. The van der Waals surface area contributed by atoms with E-state index in [2.05, 4.69) is 246 Å². The van der Waals surface area contributed by atoms with Gasteiger partial charge < -0.3 is 9.13 Å². The first-order valence-corrected chi connectivity index (χ1v) is 32.5. The fourth-order valence-corrected chi connectivity index (χ4v) is 14.0. The maximum atomic E-state index is 10.6. The molecule has 17 aromatic rings. The Morgan fingerprint density at radius 2 is 0.541 bits per heavy atom. The monoisotopic (exact) mass is 1250 g/mol. The fourth-order valence-electron chi connectivity index (χ4n) is 14.0. The topological polar surface area (TPSA) is 120 Å². The lowest BCUT2D eigenvalue weighted by Gasteiger charge is -2.18. The minimum absolute atomic E-state index is 0.408. The van der Waals surface area contributed by atoms with Gasteiger partial charge in [-0.15, -0.1) is 0 Å². The minimum Gasteiger partial charge on any atom is -0.309 e. The highest BCUT2D eigenvalue weighted by Crippen LogP contribution is 2.45. The Morgan fingerprint density at radius 1 is 0.214 bits per heavy atom. The van der Waals surface area contributed by atoms with Crippen LogP contribution in [-0.2, 0) is 0 Å². The van der Waals surface area contributed by atoms with Crippen LogP contribution in [-0.4, -0.2) is 24.1 Å². The van der Waals surface area contributed by atoms with Crippen molar-refractivity contribution in [2.24, 2.45) is 0 Å². The van der Waals surface area contributed by atoms with Gasteiger partial charge in [0.05, 0.1) is 68.3 Å². The molecule has 0 aliphatic carbocycles. The zero-order valence-electron chi connectivity index (χ0n) is 52.8. The molecule has 98 heavy (non-hydrogen) atoms. The van der Waals surface area contributed by atoms with Gasteiger partial charge in [0.2, 0.25) is 0 Å². The third-order valence-corrected chi connectivity index (χ3v) is 18.7. The molecule has 454 valence electrons. The minimum atomic E-state index is 0.408. The van der Waals surface area contributed by atoms with Crippen molar-refractivity contribution < 1.29 is 0 Å². The summed E-state index contributed by atoms with van der Waals surface area (Å²) in [6, 6.07) is 120. The highest BCUT2D eigenvalue weighted by Gasteiger charge is 2.25. The third-order valence-electron chi connectivity index (χ3n) is 18.7. The fraction of sp³-hybridized carbons (Fsp3) is 0. The van der Waals surface area contributed by atoms with Crippen molar-refractivity contribution in [1.82, 2.24) is 24.1 Å². The number of hydrogen-bond donors (Lipinski definition) is 0. The molecule has 0 spiro atoms. The van der Waals surface area contributed by atoms with Gasteiger partial charge in [0.1, 0.15) is 0 Å². The Labute approximate surface area is 566 Å². The molecule has 17 rings (SSSR count). The Balaban J connectivity index is 0.932. The summed E-state index contributed by atoms with van der Waals surface area (Å²) in [6.45, 7) is 0. The molecule has 0 fully saturated rings. The van der Waals surface area contributed by atoms with Crippen LogP contribution in [0.3, 0.4) is 0 Å². The zero-order chi connectivity index (χ0) is 65.6. The van der Waals surface area contributed by atoms with Gasteiger partial charge in [-0.3, -0.25) is 0 Å². The Hall–Kier alpha value is -13.8. The van der Waals surface area contributed by atoms with Crippen LogP contribution in [0.4, 0.5) is 0 Å². The molecule has 0 atom stereocenters. The number of fused-ring (bicyclic) bond motifs is 6. The first kappa shape index (κ1) is 58.0. The molecule has 8 nitrogen and oxygen atoms in total. The average Bonchev–Trinajstić information content (AvgIpc) is 1.57. The van der Waals surface area contributed by atoms with Crippen molar-refractivity contribution in [2.45, 2.75) is 0 Å². The van der Waals surface area contributed by atoms with Crippen molar-refractivity contribution in [2.75, 3.05) is 0 Å². The molecule has 0 bridgehead atoms. The standard InChI is InChI=1S/C90H54N8/c91-55-58-19-17-30-68(47-58)74-41-35-70(53-86(74)97-82-43-37-64(60-21-5-1-6-22-60)49-78(82)79-50-65(38-44-83(79)97)61-23-7-2-8-24-61)88-94-89(96-90(95-88)77-34-16-15-33-76(77)73-32-14-13-29-72(73)57-93)71-36-42-75(69-31-18-20-59(48-69)56-92)87(54-71)98-84-45-39-66(62-25-9-3-10-26-62)51-80(84)81-52-67(40-46-85(81)98)63-27-11-4-12-28-63/h1-54H. The quantitative estimate of drug-likeness (QED) is 0.120. The van der Waals surface area contributed by atoms with E-state index in [0.717, 1.165) is 133 Å². The molecule has 3 heterocycles. The van der Waals surface area contributed by atoms with Gasteiger partial charge in [-0.1, -0.05) is 237 Å². The molecule has 14 aromatic carbocycles. The summed E-state index contributed by atoms with van der Waals surface area (Å²) in [6.07, 6.45) is 0. The largest absolute Gasteiger partial charge is 0.309 e. The molecule has 3 aromatic heterocycles. The molecule has 0 saturated heterocycles.